The van der Waals surface area contributed by atoms with Gasteiger partial charge in [0.05, 0.1) is 6.61 Å². The van der Waals surface area contributed by atoms with Gasteiger partial charge in [-0.1, -0.05) is 0 Å². The summed E-state index contributed by atoms with van der Waals surface area (Å²) in [5, 5.41) is 12.9. The highest BCUT2D eigenvalue weighted by atomic mass is 35.5. The number of hydrogen-bond donors (Lipinski definition) is 3. The molecule has 0 saturated carbocycles. The minimum Gasteiger partial charge on any atom is -0.396 e. The maximum atomic E-state index is 9.00. The zero-order chi connectivity index (χ0) is 12.0. The Labute approximate surface area is 112 Å². The fraction of sp³-hybridized carbons (Fsp3) is 0.700. The molecule has 0 bridgehead atoms. The van der Waals surface area contributed by atoms with Gasteiger partial charge in [-0.25, -0.2) is 4.98 Å². The van der Waals surface area contributed by atoms with Crippen molar-refractivity contribution in [2.45, 2.75) is 25.4 Å². The van der Waals surface area contributed by atoms with Crippen molar-refractivity contribution in [3.8, 4) is 0 Å². The van der Waals surface area contributed by atoms with E-state index in [-0.39, 0.29) is 24.6 Å². The van der Waals surface area contributed by atoms with Crippen LogP contribution in [-0.2, 0) is 11.3 Å². The van der Waals surface area contributed by atoms with E-state index in [2.05, 4.69) is 10.3 Å². The van der Waals surface area contributed by atoms with Crippen molar-refractivity contribution in [3.63, 3.8) is 0 Å². The number of thiazole rings is 1. The average Bonchev–Trinajstić information content (AvgIpc) is 2.62. The van der Waals surface area contributed by atoms with Gasteiger partial charge < -0.3 is 20.9 Å². The summed E-state index contributed by atoms with van der Waals surface area (Å²) < 4.78 is 5.14. The van der Waals surface area contributed by atoms with Gasteiger partial charge in [0.2, 0.25) is 0 Å². The van der Waals surface area contributed by atoms with Crippen molar-refractivity contribution in [1.82, 2.24) is 10.3 Å². The number of hydrogen-bond acceptors (Lipinski definition) is 6. The van der Waals surface area contributed by atoms with Gasteiger partial charge in [0.15, 0.2) is 5.13 Å². The first-order valence-electron chi connectivity index (χ1n) is 5.14. The average molecular weight is 282 g/mol. The fourth-order valence-electron chi connectivity index (χ4n) is 1.48. The van der Waals surface area contributed by atoms with Gasteiger partial charge in [0, 0.05) is 36.9 Å². The standard InChI is InChI=1S/C10H19N3O2S.ClH/c1-10(3-4-14,7-15-2)13-6-8-5-12-9(11)16-8;/h5,13-14H,3-4,6-7H2,1-2H3,(H2,11,12);1H. The molecule has 0 amide bonds. The van der Waals surface area contributed by atoms with Gasteiger partial charge in [-0.2, -0.15) is 0 Å². The summed E-state index contributed by atoms with van der Waals surface area (Å²) in [5.41, 5.74) is 5.33. The molecule has 1 rings (SSSR count). The fourth-order valence-corrected chi connectivity index (χ4v) is 2.11. The number of aliphatic hydroxyl groups excluding tert-OH is 1. The van der Waals surface area contributed by atoms with E-state index in [0.29, 0.717) is 24.7 Å². The molecule has 0 aromatic carbocycles. The molecule has 1 atom stereocenters. The second-order valence-electron chi connectivity index (χ2n) is 3.99. The Bertz CT molecular complexity index is 316. The molecule has 1 heterocycles. The molecule has 1 aromatic rings. The number of aromatic nitrogens is 1. The molecule has 4 N–H and O–H groups in total. The summed E-state index contributed by atoms with van der Waals surface area (Å²) in [6.07, 6.45) is 2.41. The van der Waals surface area contributed by atoms with Gasteiger partial charge >= 0.3 is 0 Å². The minimum absolute atomic E-state index is 0. The molecule has 0 aliphatic heterocycles. The lowest BCUT2D eigenvalue weighted by Crippen LogP contribution is -2.46. The molecule has 100 valence electrons. The Hall–Kier alpha value is -0.400. The Morgan fingerprint density at radius 3 is 2.82 bits per heavy atom. The smallest absolute Gasteiger partial charge is 0.180 e. The topological polar surface area (TPSA) is 80.4 Å². The van der Waals surface area contributed by atoms with Gasteiger partial charge in [0.25, 0.3) is 0 Å². The van der Waals surface area contributed by atoms with Crippen molar-refractivity contribution in [3.05, 3.63) is 11.1 Å². The number of nitrogens with zero attached hydrogens (tertiary/aromatic N) is 1. The first kappa shape index (κ1) is 16.6. The Kier molecular flexibility index (Phi) is 7.65. The summed E-state index contributed by atoms with van der Waals surface area (Å²) in [5.74, 6) is 0. The van der Waals surface area contributed by atoms with Crippen LogP contribution in [-0.4, -0.2) is 36.0 Å². The van der Waals surface area contributed by atoms with E-state index < -0.39 is 0 Å². The predicted octanol–water partition coefficient (Wildman–Crippen LogP) is 1.02. The largest absolute Gasteiger partial charge is 0.396 e. The zero-order valence-corrected chi connectivity index (χ0v) is 11.7. The van der Waals surface area contributed by atoms with E-state index in [1.807, 2.05) is 6.92 Å². The Morgan fingerprint density at radius 2 is 2.35 bits per heavy atom. The number of aliphatic hydroxyl groups is 1. The molecule has 1 aromatic heterocycles. The van der Waals surface area contributed by atoms with Crippen LogP contribution >= 0.6 is 23.7 Å². The third-order valence-electron chi connectivity index (χ3n) is 2.39. The van der Waals surface area contributed by atoms with E-state index in [1.54, 1.807) is 13.3 Å². The van der Waals surface area contributed by atoms with Crippen LogP contribution in [0.4, 0.5) is 5.13 Å². The molecular weight excluding hydrogens is 262 g/mol. The van der Waals surface area contributed by atoms with Gasteiger partial charge in [-0.3, -0.25) is 0 Å². The highest BCUT2D eigenvalue weighted by Crippen LogP contribution is 2.16. The van der Waals surface area contributed by atoms with E-state index in [4.69, 9.17) is 15.6 Å². The molecule has 7 heteroatoms. The molecule has 0 radical (unpaired) electrons. The summed E-state index contributed by atoms with van der Waals surface area (Å²) in [4.78, 5) is 5.07. The van der Waals surface area contributed by atoms with Crippen LogP contribution in [0, 0.1) is 0 Å². The number of halogens is 1. The Morgan fingerprint density at radius 1 is 1.65 bits per heavy atom. The molecular formula is C10H20ClN3O2S. The number of nitrogens with one attached hydrogen (secondary N) is 1. The van der Waals surface area contributed by atoms with E-state index in [1.165, 1.54) is 11.3 Å². The monoisotopic (exact) mass is 281 g/mol. The number of methoxy groups -OCH3 is 1. The maximum Gasteiger partial charge on any atom is 0.180 e. The molecule has 5 nitrogen and oxygen atoms in total. The minimum atomic E-state index is -0.220. The molecule has 0 aliphatic rings. The van der Waals surface area contributed by atoms with Crippen molar-refractivity contribution < 1.29 is 9.84 Å². The zero-order valence-electron chi connectivity index (χ0n) is 10.1. The molecule has 1 unspecified atom stereocenters. The van der Waals surface area contributed by atoms with Crippen LogP contribution in [0.25, 0.3) is 0 Å². The highest BCUT2D eigenvalue weighted by molar-refractivity contribution is 7.15. The summed E-state index contributed by atoms with van der Waals surface area (Å²) in [6, 6.07) is 0. The Balaban J connectivity index is 0.00000256. The number of ether oxygens (including phenoxy) is 1. The summed E-state index contributed by atoms with van der Waals surface area (Å²) in [7, 11) is 1.65. The van der Waals surface area contributed by atoms with Gasteiger partial charge in [0.1, 0.15) is 0 Å². The first-order valence-corrected chi connectivity index (χ1v) is 5.96. The number of rotatable bonds is 7. The van der Waals surface area contributed by atoms with E-state index in [9.17, 15) is 0 Å². The SMILES string of the molecule is COCC(C)(CCO)NCc1cnc(N)s1.Cl. The van der Waals surface area contributed by atoms with Crippen molar-refractivity contribution in [2.75, 3.05) is 26.1 Å². The van der Waals surface area contributed by atoms with Crippen molar-refractivity contribution in [1.29, 1.82) is 0 Å². The van der Waals surface area contributed by atoms with Crippen LogP contribution in [0.15, 0.2) is 6.20 Å². The molecule has 0 saturated heterocycles. The van der Waals surface area contributed by atoms with Crippen LogP contribution in [0.3, 0.4) is 0 Å². The van der Waals surface area contributed by atoms with Gasteiger partial charge in [-0.15, -0.1) is 23.7 Å². The van der Waals surface area contributed by atoms with E-state index in [0.717, 1.165) is 4.88 Å². The van der Waals surface area contributed by atoms with Crippen LogP contribution in [0.5, 0.6) is 0 Å². The lowest BCUT2D eigenvalue weighted by molar-refractivity contribution is 0.0971. The first-order chi connectivity index (χ1) is 7.59. The second-order valence-corrected chi connectivity index (χ2v) is 5.13. The van der Waals surface area contributed by atoms with Crippen molar-refractivity contribution in [2.24, 2.45) is 0 Å². The number of anilines is 1. The highest BCUT2D eigenvalue weighted by Gasteiger charge is 2.23. The molecule has 0 spiro atoms. The number of nitrogen functional groups attached to an aromatic ring is 1. The van der Waals surface area contributed by atoms with Crippen molar-refractivity contribution >= 4 is 28.9 Å². The summed E-state index contributed by atoms with van der Waals surface area (Å²) >= 11 is 1.47. The molecule has 0 aliphatic carbocycles. The second kappa shape index (κ2) is 7.84. The molecule has 0 fully saturated rings. The summed E-state index contributed by atoms with van der Waals surface area (Å²) in [6.45, 7) is 3.41. The lowest BCUT2D eigenvalue weighted by Gasteiger charge is -2.29. The maximum absolute atomic E-state index is 9.00. The lowest BCUT2D eigenvalue weighted by atomic mass is 9.99. The third kappa shape index (κ3) is 5.65. The normalized spacial score (nSPS) is 14.1. The van der Waals surface area contributed by atoms with Crippen LogP contribution in [0.1, 0.15) is 18.2 Å². The quantitative estimate of drug-likeness (QED) is 0.695. The van der Waals surface area contributed by atoms with E-state index >= 15 is 0 Å². The molecule has 17 heavy (non-hydrogen) atoms. The van der Waals surface area contributed by atoms with Crippen LogP contribution < -0.4 is 11.1 Å². The number of nitrogens with two attached hydrogens (primary N) is 1. The predicted molar refractivity (Wildman–Crippen MR) is 72.6 cm³/mol. The van der Waals surface area contributed by atoms with Crippen LogP contribution in [0.2, 0.25) is 0 Å². The van der Waals surface area contributed by atoms with Gasteiger partial charge in [-0.05, 0) is 13.3 Å². The third-order valence-corrected chi connectivity index (χ3v) is 3.21.